The van der Waals surface area contributed by atoms with E-state index in [1.165, 1.54) is 12.1 Å². The van der Waals surface area contributed by atoms with Gasteiger partial charge in [0.1, 0.15) is 6.23 Å². The molecule has 1 aromatic heterocycles. The van der Waals surface area contributed by atoms with Crippen LogP contribution >= 0.6 is 0 Å². The van der Waals surface area contributed by atoms with Crippen LogP contribution in [0.25, 0.3) is 0 Å². The van der Waals surface area contributed by atoms with Gasteiger partial charge in [-0.25, -0.2) is 9.18 Å². The van der Waals surface area contributed by atoms with E-state index in [9.17, 15) is 24.1 Å². The Morgan fingerprint density at radius 2 is 2.11 bits per heavy atom. The Labute approximate surface area is 151 Å². The van der Waals surface area contributed by atoms with E-state index in [-0.39, 0.29) is 17.9 Å². The molecule has 2 heterocycles. The maximum atomic E-state index is 14.3. The van der Waals surface area contributed by atoms with E-state index in [1.54, 1.807) is 0 Å². The number of aromatic nitrogens is 2. The number of benzene rings is 1. The zero-order valence-electron chi connectivity index (χ0n) is 13.9. The zero-order valence-corrected chi connectivity index (χ0v) is 13.9. The van der Waals surface area contributed by atoms with Gasteiger partial charge in [-0.3, -0.25) is 19.5 Å². The van der Waals surface area contributed by atoms with Crippen molar-refractivity contribution in [1.82, 2.24) is 9.55 Å². The van der Waals surface area contributed by atoms with Crippen molar-refractivity contribution in [2.24, 2.45) is 0 Å². The summed E-state index contributed by atoms with van der Waals surface area (Å²) in [4.78, 5) is 37.8. The molecule has 2 aromatic rings. The predicted molar refractivity (Wildman–Crippen MR) is 89.7 cm³/mol. The molecule has 0 aliphatic carbocycles. The first-order valence-corrected chi connectivity index (χ1v) is 8.00. The Balaban J connectivity index is 1.77. The number of hydrogen-bond donors (Lipinski definition) is 2. The van der Waals surface area contributed by atoms with Gasteiger partial charge in [-0.1, -0.05) is 0 Å². The summed E-state index contributed by atoms with van der Waals surface area (Å²) in [6.45, 7) is -0.204. The Kier molecular flexibility index (Phi) is 5.23. The van der Waals surface area contributed by atoms with Crippen LogP contribution in [0.2, 0.25) is 0 Å². The Bertz CT molecular complexity index is 929. The minimum Gasteiger partial charge on any atom is -0.394 e. The summed E-state index contributed by atoms with van der Waals surface area (Å²) in [5, 5.41) is 21.9. The fraction of sp³-hybridized carbons (Fsp3) is 0.312. The number of rotatable bonds is 5. The molecule has 2 atom stereocenters. The van der Waals surface area contributed by atoms with Crippen LogP contribution < -0.4 is 11.0 Å². The highest BCUT2D eigenvalue weighted by Gasteiger charge is 2.27. The van der Waals surface area contributed by atoms with Crippen LogP contribution in [0.1, 0.15) is 29.4 Å². The number of carbonyl (C=O) groups excluding carboxylic acids is 1. The standard InChI is InChI=1S/C16H15FN4O6/c17-12-7-20(13-6-5-11(8-22)27-13)16(24)19-14(12)18-15(23)9-1-3-10(4-2-9)21(25)26/h1-4,7,11,13,22H,5-6,8H2,(H,18,19,23,24). The highest BCUT2D eigenvalue weighted by molar-refractivity contribution is 6.03. The van der Waals surface area contributed by atoms with Gasteiger partial charge in [-0.05, 0) is 25.0 Å². The van der Waals surface area contributed by atoms with Crippen LogP contribution in [0.3, 0.4) is 0 Å². The molecule has 0 saturated carbocycles. The third-order valence-electron chi connectivity index (χ3n) is 4.08. The van der Waals surface area contributed by atoms with Crippen LogP contribution in [0.15, 0.2) is 35.3 Å². The number of aliphatic hydroxyl groups is 1. The molecule has 0 bridgehead atoms. The van der Waals surface area contributed by atoms with E-state index >= 15 is 0 Å². The van der Waals surface area contributed by atoms with Crippen molar-refractivity contribution in [3.05, 3.63) is 62.4 Å². The lowest BCUT2D eigenvalue weighted by molar-refractivity contribution is -0.384. The number of anilines is 1. The topological polar surface area (TPSA) is 137 Å². The average molecular weight is 378 g/mol. The quantitative estimate of drug-likeness (QED) is 0.589. The predicted octanol–water partition coefficient (Wildman–Crippen LogP) is 1.21. The van der Waals surface area contributed by atoms with E-state index < -0.39 is 40.5 Å². The van der Waals surface area contributed by atoms with E-state index in [1.807, 2.05) is 0 Å². The van der Waals surface area contributed by atoms with Crippen LogP contribution in [-0.2, 0) is 4.74 Å². The van der Waals surface area contributed by atoms with Crippen molar-refractivity contribution < 1.29 is 24.0 Å². The van der Waals surface area contributed by atoms with E-state index in [0.717, 1.165) is 22.9 Å². The molecule has 0 radical (unpaired) electrons. The molecule has 1 amide bonds. The molecule has 1 fully saturated rings. The fourth-order valence-electron chi connectivity index (χ4n) is 2.68. The first kappa shape index (κ1) is 18.6. The number of hydrogen-bond acceptors (Lipinski definition) is 7. The van der Waals surface area contributed by atoms with Gasteiger partial charge in [0, 0.05) is 17.7 Å². The maximum absolute atomic E-state index is 14.3. The number of aliphatic hydroxyl groups excluding tert-OH is 1. The van der Waals surface area contributed by atoms with Gasteiger partial charge in [0.2, 0.25) is 0 Å². The van der Waals surface area contributed by atoms with Gasteiger partial charge in [-0.15, -0.1) is 0 Å². The molecule has 1 saturated heterocycles. The average Bonchev–Trinajstić information content (AvgIpc) is 3.13. The minimum atomic E-state index is -0.944. The number of nitro benzene ring substituents is 1. The summed E-state index contributed by atoms with van der Waals surface area (Å²) in [6, 6.07) is 4.67. The lowest BCUT2D eigenvalue weighted by Crippen LogP contribution is -2.30. The third-order valence-corrected chi connectivity index (χ3v) is 4.08. The molecule has 2 N–H and O–H groups in total. The third kappa shape index (κ3) is 3.99. The van der Waals surface area contributed by atoms with Gasteiger partial charge < -0.3 is 15.2 Å². The number of nitrogens with one attached hydrogen (secondary N) is 1. The molecule has 1 aromatic carbocycles. The summed E-state index contributed by atoms with van der Waals surface area (Å²) in [5.41, 5.74) is -0.980. The number of halogens is 1. The number of ether oxygens (including phenoxy) is 1. The van der Waals surface area contributed by atoms with Crippen molar-refractivity contribution in [2.75, 3.05) is 11.9 Å². The van der Waals surface area contributed by atoms with Gasteiger partial charge in [-0.2, -0.15) is 4.98 Å². The highest BCUT2D eigenvalue weighted by Crippen LogP contribution is 2.27. The van der Waals surface area contributed by atoms with Gasteiger partial charge in [0.05, 0.1) is 23.8 Å². The van der Waals surface area contributed by atoms with Crippen LogP contribution in [0.5, 0.6) is 0 Å². The number of amides is 1. The van der Waals surface area contributed by atoms with E-state index in [4.69, 9.17) is 9.84 Å². The molecule has 27 heavy (non-hydrogen) atoms. The molecule has 142 valence electrons. The summed E-state index contributed by atoms with van der Waals surface area (Å²) < 4.78 is 20.7. The van der Waals surface area contributed by atoms with Crippen molar-refractivity contribution in [2.45, 2.75) is 25.2 Å². The lowest BCUT2D eigenvalue weighted by Gasteiger charge is -2.15. The van der Waals surface area contributed by atoms with Crippen molar-refractivity contribution in [1.29, 1.82) is 0 Å². The van der Waals surface area contributed by atoms with Gasteiger partial charge in [0.15, 0.2) is 11.6 Å². The number of carbonyl (C=O) groups is 1. The van der Waals surface area contributed by atoms with Crippen molar-refractivity contribution in [3.63, 3.8) is 0 Å². The normalized spacial score (nSPS) is 19.0. The van der Waals surface area contributed by atoms with Crippen LogP contribution in [-0.4, -0.2) is 38.2 Å². The number of nitro groups is 1. The highest BCUT2D eigenvalue weighted by atomic mass is 19.1. The molecular formula is C16H15FN4O6. The van der Waals surface area contributed by atoms with E-state index in [2.05, 4.69) is 10.3 Å². The van der Waals surface area contributed by atoms with E-state index in [0.29, 0.717) is 12.8 Å². The zero-order chi connectivity index (χ0) is 19.6. The minimum absolute atomic E-state index is 0.0379. The number of nitrogens with zero attached hydrogens (tertiary/aromatic N) is 3. The van der Waals surface area contributed by atoms with Gasteiger partial charge >= 0.3 is 5.69 Å². The second-order valence-electron chi connectivity index (χ2n) is 5.86. The fourth-order valence-corrected chi connectivity index (χ4v) is 2.68. The molecule has 10 nitrogen and oxygen atoms in total. The molecule has 1 aliphatic heterocycles. The second-order valence-corrected chi connectivity index (χ2v) is 5.86. The number of non-ortho nitro benzene ring substituents is 1. The summed E-state index contributed by atoms with van der Waals surface area (Å²) in [6.07, 6.45) is 0.655. The Morgan fingerprint density at radius 1 is 1.41 bits per heavy atom. The molecule has 0 spiro atoms. The molecular weight excluding hydrogens is 363 g/mol. The lowest BCUT2D eigenvalue weighted by atomic mass is 10.2. The summed E-state index contributed by atoms with van der Waals surface area (Å²) in [5.74, 6) is -2.27. The van der Waals surface area contributed by atoms with Crippen molar-refractivity contribution in [3.8, 4) is 0 Å². The monoisotopic (exact) mass is 378 g/mol. The second kappa shape index (κ2) is 7.60. The first-order valence-electron chi connectivity index (χ1n) is 8.00. The van der Waals surface area contributed by atoms with Crippen LogP contribution in [0, 0.1) is 15.9 Å². The van der Waals surface area contributed by atoms with Gasteiger partial charge in [0.25, 0.3) is 11.6 Å². The Hall–Kier alpha value is -3.18. The molecule has 1 aliphatic rings. The molecule has 11 heteroatoms. The summed E-state index contributed by atoms with van der Waals surface area (Å²) >= 11 is 0. The van der Waals surface area contributed by atoms with Crippen LogP contribution in [0.4, 0.5) is 15.9 Å². The first-order chi connectivity index (χ1) is 12.9. The smallest absolute Gasteiger partial charge is 0.351 e. The molecule has 3 rings (SSSR count). The molecule has 2 unspecified atom stereocenters. The maximum Gasteiger partial charge on any atom is 0.351 e. The van der Waals surface area contributed by atoms with Crippen molar-refractivity contribution >= 4 is 17.4 Å². The Morgan fingerprint density at radius 3 is 2.70 bits per heavy atom. The largest absolute Gasteiger partial charge is 0.394 e. The summed E-state index contributed by atoms with van der Waals surface area (Å²) in [7, 11) is 0. The SMILES string of the molecule is O=C(Nc1nc(=O)n(C2CCC(CO)O2)cc1F)c1ccc([N+](=O)[O-])cc1.